The number of benzene rings is 2. The number of hydrogen-bond acceptors (Lipinski definition) is 5. The molecule has 3 rings (SSSR count). The summed E-state index contributed by atoms with van der Waals surface area (Å²) in [4.78, 5) is 18.1. The monoisotopic (exact) mass is 429 g/mol. The minimum atomic E-state index is -0.145. The summed E-state index contributed by atoms with van der Waals surface area (Å²) >= 11 is 7.45. The van der Waals surface area contributed by atoms with Gasteiger partial charge < -0.3 is 4.74 Å². The van der Waals surface area contributed by atoms with Crippen LogP contribution in [0.1, 0.15) is 33.4 Å². The number of nitrogens with one attached hydrogen (secondary N) is 1. The van der Waals surface area contributed by atoms with E-state index < -0.39 is 0 Å². The first-order valence-corrected chi connectivity index (χ1v) is 10.5. The second-order valence-corrected chi connectivity index (χ2v) is 8.13. The van der Waals surface area contributed by atoms with E-state index >= 15 is 0 Å². The van der Waals surface area contributed by atoms with Gasteiger partial charge in [0.05, 0.1) is 12.8 Å². The molecule has 0 atom stereocenters. The van der Waals surface area contributed by atoms with Gasteiger partial charge in [0.2, 0.25) is 0 Å². The highest BCUT2D eigenvalue weighted by molar-refractivity contribution is 7.17. The van der Waals surface area contributed by atoms with Crippen LogP contribution in [0.3, 0.4) is 0 Å². The number of halogens is 1. The van der Waals surface area contributed by atoms with Crippen molar-refractivity contribution in [3.8, 4) is 16.3 Å². The lowest BCUT2D eigenvalue weighted by atomic mass is 10.1. The maximum atomic E-state index is 12.9. The Morgan fingerprint density at radius 3 is 2.55 bits per heavy atom. The Labute approximate surface area is 180 Å². The molecule has 7 heteroatoms. The number of rotatable bonds is 7. The van der Waals surface area contributed by atoms with Crippen molar-refractivity contribution < 1.29 is 9.53 Å². The van der Waals surface area contributed by atoms with Gasteiger partial charge in [0, 0.05) is 23.7 Å². The fourth-order valence-electron chi connectivity index (χ4n) is 2.97. The Balaban J connectivity index is 1.74. The number of hydrogen-bond donors (Lipinski definition) is 1. The molecule has 2 aromatic carbocycles. The highest BCUT2D eigenvalue weighted by atomic mass is 35.5. The molecule has 0 aliphatic rings. The van der Waals surface area contributed by atoms with Crippen molar-refractivity contribution in [3.05, 3.63) is 69.2 Å². The molecular formula is C22H24ClN3O2S. The van der Waals surface area contributed by atoms with E-state index in [1.807, 2.05) is 68.2 Å². The Bertz CT molecular complexity index is 1000. The Morgan fingerprint density at radius 1 is 1.21 bits per heavy atom. The number of ether oxygens (including phenoxy) is 1. The highest BCUT2D eigenvalue weighted by Gasteiger charge is 2.19. The summed E-state index contributed by atoms with van der Waals surface area (Å²) in [7, 11) is 1.64. The van der Waals surface area contributed by atoms with Crippen LogP contribution in [0.15, 0.2) is 42.5 Å². The number of aryl methyl sites for hydroxylation is 2. The molecule has 0 radical (unpaired) electrons. The Morgan fingerprint density at radius 2 is 1.93 bits per heavy atom. The number of carbonyl (C=O) groups excluding carboxylic acids is 1. The molecular weight excluding hydrogens is 406 g/mol. The lowest BCUT2D eigenvalue weighted by molar-refractivity contribution is 0.0788. The standard InChI is InChI=1S/C22H24ClN3O2S/c1-5-26(13-16-6-9-18(28-4)10-7-16)25-21(27)20-15(3)24-22(29-20)19-11-8-17(23)12-14(19)2/h6-12H,5,13H2,1-4H3,(H,25,27). The van der Waals surface area contributed by atoms with E-state index in [-0.39, 0.29) is 5.91 Å². The van der Waals surface area contributed by atoms with Gasteiger partial charge in [0.25, 0.3) is 5.91 Å². The van der Waals surface area contributed by atoms with Crippen LogP contribution in [0.25, 0.3) is 10.6 Å². The van der Waals surface area contributed by atoms with Crippen LogP contribution in [0.5, 0.6) is 5.75 Å². The molecule has 0 saturated carbocycles. The topological polar surface area (TPSA) is 54.5 Å². The summed E-state index contributed by atoms with van der Waals surface area (Å²) in [6, 6.07) is 13.5. The SMILES string of the molecule is CCN(Cc1ccc(OC)cc1)NC(=O)c1sc(-c2ccc(Cl)cc2C)nc1C. The lowest BCUT2D eigenvalue weighted by Gasteiger charge is -2.21. The van der Waals surface area contributed by atoms with E-state index in [2.05, 4.69) is 10.4 Å². The summed E-state index contributed by atoms with van der Waals surface area (Å²) < 4.78 is 5.19. The van der Waals surface area contributed by atoms with Crippen LogP contribution < -0.4 is 10.2 Å². The molecule has 0 unspecified atom stereocenters. The molecule has 1 N–H and O–H groups in total. The normalized spacial score (nSPS) is 11.0. The number of aromatic nitrogens is 1. The Kier molecular flexibility index (Phi) is 6.90. The average molecular weight is 430 g/mol. The molecule has 1 aromatic heterocycles. The molecule has 3 aromatic rings. The van der Waals surface area contributed by atoms with Crippen LogP contribution in [0, 0.1) is 13.8 Å². The zero-order chi connectivity index (χ0) is 21.0. The van der Waals surface area contributed by atoms with Gasteiger partial charge in [-0.2, -0.15) is 0 Å². The van der Waals surface area contributed by atoms with Gasteiger partial charge in [-0.15, -0.1) is 11.3 Å². The molecule has 0 aliphatic heterocycles. The van der Waals surface area contributed by atoms with Crippen LogP contribution in [0.2, 0.25) is 5.02 Å². The van der Waals surface area contributed by atoms with E-state index in [9.17, 15) is 4.79 Å². The largest absolute Gasteiger partial charge is 0.497 e. The lowest BCUT2D eigenvalue weighted by Crippen LogP contribution is -2.41. The second kappa shape index (κ2) is 9.39. The second-order valence-electron chi connectivity index (χ2n) is 6.70. The van der Waals surface area contributed by atoms with Crippen molar-refractivity contribution in [1.82, 2.24) is 15.4 Å². The van der Waals surface area contributed by atoms with Crippen LogP contribution >= 0.6 is 22.9 Å². The van der Waals surface area contributed by atoms with Gasteiger partial charge in [-0.1, -0.05) is 36.7 Å². The summed E-state index contributed by atoms with van der Waals surface area (Å²) in [6.07, 6.45) is 0. The third kappa shape index (κ3) is 5.15. The van der Waals surface area contributed by atoms with Gasteiger partial charge >= 0.3 is 0 Å². The first-order chi connectivity index (χ1) is 13.9. The Hall–Kier alpha value is -2.41. The zero-order valence-electron chi connectivity index (χ0n) is 17.0. The van der Waals surface area contributed by atoms with Gasteiger partial charge in [-0.25, -0.2) is 9.99 Å². The van der Waals surface area contributed by atoms with Crippen molar-refractivity contribution in [2.45, 2.75) is 27.3 Å². The highest BCUT2D eigenvalue weighted by Crippen LogP contribution is 2.31. The number of nitrogens with zero attached hydrogens (tertiary/aromatic N) is 2. The van der Waals surface area contributed by atoms with E-state index in [4.69, 9.17) is 16.3 Å². The van der Waals surface area contributed by atoms with Crippen molar-refractivity contribution >= 4 is 28.8 Å². The third-order valence-corrected chi connectivity index (χ3v) is 6.02. The third-order valence-electron chi connectivity index (χ3n) is 4.60. The molecule has 0 spiro atoms. The number of thiazole rings is 1. The summed E-state index contributed by atoms with van der Waals surface area (Å²) in [5.74, 6) is 0.666. The minimum Gasteiger partial charge on any atom is -0.497 e. The average Bonchev–Trinajstić information content (AvgIpc) is 3.09. The summed E-state index contributed by atoms with van der Waals surface area (Å²) in [6.45, 7) is 7.14. The molecule has 0 aliphatic carbocycles. The van der Waals surface area contributed by atoms with E-state index in [1.165, 1.54) is 11.3 Å². The number of hydrazine groups is 1. The van der Waals surface area contributed by atoms with Crippen LogP contribution in [0.4, 0.5) is 0 Å². The maximum absolute atomic E-state index is 12.9. The van der Waals surface area contributed by atoms with E-state index in [1.54, 1.807) is 7.11 Å². The predicted molar refractivity (Wildman–Crippen MR) is 119 cm³/mol. The van der Waals surface area contributed by atoms with Crippen molar-refractivity contribution in [2.75, 3.05) is 13.7 Å². The van der Waals surface area contributed by atoms with Crippen LogP contribution in [-0.2, 0) is 6.54 Å². The molecule has 1 heterocycles. The maximum Gasteiger partial charge on any atom is 0.277 e. The quantitative estimate of drug-likeness (QED) is 0.521. The molecule has 5 nitrogen and oxygen atoms in total. The molecule has 0 saturated heterocycles. The smallest absolute Gasteiger partial charge is 0.277 e. The zero-order valence-corrected chi connectivity index (χ0v) is 18.5. The summed E-state index contributed by atoms with van der Waals surface area (Å²) in [5.41, 5.74) is 6.84. The van der Waals surface area contributed by atoms with Gasteiger partial charge in [-0.05, 0) is 49.2 Å². The minimum absolute atomic E-state index is 0.145. The summed E-state index contributed by atoms with van der Waals surface area (Å²) in [5, 5.41) is 3.39. The van der Waals surface area contributed by atoms with Crippen molar-refractivity contribution in [1.29, 1.82) is 0 Å². The molecule has 0 bridgehead atoms. The molecule has 152 valence electrons. The first-order valence-electron chi connectivity index (χ1n) is 9.34. The van der Waals surface area contributed by atoms with E-state index in [0.29, 0.717) is 23.0 Å². The first kappa shape index (κ1) is 21.3. The molecule has 1 amide bonds. The number of methoxy groups -OCH3 is 1. The van der Waals surface area contributed by atoms with E-state index in [0.717, 1.165) is 33.1 Å². The number of carbonyl (C=O) groups is 1. The molecule has 0 fully saturated rings. The predicted octanol–water partition coefficient (Wildman–Crippen LogP) is 5.26. The van der Waals surface area contributed by atoms with Crippen molar-refractivity contribution in [2.24, 2.45) is 0 Å². The van der Waals surface area contributed by atoms with Gasteiger partial charge in [-0.3, -0.25) is 10.2 Å². The van der Waals surface area contributed by atoms with Crippen molar-refractivity contribution in [3.63, 3.8) is 0 Å². The molecule has 29 heavy (non-hydrogen) atoms. The van der Waals surface area contributed by atoms with Gasteiger partial charge in [0.1, 0.15) is 15.6 Å². The fourth-order valence-corrected chi connectivity index (χ4v) is 4.24. The number of amides is 1. The van der Waals surface area contributed by atoms with Gasteiger partial charge in [0.15, 0.2) is 0 Å². The van der Waals surface area contributed by atoms with Crippen LogP contribution in [-0.4, -0.2) is 29.6 Å². The fraction of sp³-hybridized carbons (Fsp3) is 0.273.